The van der Waals surface area contributed by atoms with E-state index in [0.29, 0.717) is 0 Å². The molecule has 126 valence electrons. The molecule has 0 bridgehead atoms. The van der Waals surface area contributed by atoms with Gasteiger partial charge in [-0.05, 0) is 37.5 Å². The Hall–Kier alpha value is -2.34. The summed E-state index contributed by atoms with van der Waals surface area (Å²) in [5, 5.41) is 4.56. The van der Waals surface area contributed by atoms with Crippen molar-refractivity contribution in [2.45, 2.75) is 19.3 Å². The molecule has 1 fully saturated rings. The Labute approximate surface area is 141 Å². The highest BCUT2D eigenvalue weighted by Gasteiger charge is 2.14. The maximum atomic E-state index is 5.33. The van der Waals surface area contributed by atoms with Crippen molar-refractivity contribution in [3.8, 4) is 5.75 Å². The minimum absolute atomic E-state index is 0.838. The molecular formula is C18H24N5O+. The molecule has 4 rings (SSSR count). The standard InChI is InChI=1S/C18H23N5O/c1-24-13-5-6-15-14(11-13)16-17(22-15)18(21-12-20-16)19-7-10-23-8-3-2-4-9-23/h5-6,11-12,22H,2-4,7-10H2,1H3,(H,19,20,21)/p+1. The Morgan fingerprint density at radius 2 is 2.08 bits per heavy atom. The second kappa shape index (κ2) is 6.65. The van der Waals surface area contributed by atoms with Gasteiger partial charge in [0.15, 0.2) is 5.82 Å². The van der Waals surface area contributed by atoms with Gasteiger partial charge in [0.25, 0.3) is 0 Å². The third kappa shape index (κ3) is 2.89. The second-order valence-electron chi connectivity index (χ2n) is 6.47. The van der Waals surface area contributed by atoms with Gasteiger partial charge in [0.2, 0.25) is 0 Å². The number of ether oxygens (including phenoxy) is 1. The fraction of sp³-hybridized carbons (Fsp3) is 0.444. The lowest BCUT2D eigenvalue weighted by atomic mass is 10.1. The van der Waals surface area contributed by atoms with Crippen LogP contribution in [-0.2, 0) is 0 Å². The van der Waals surface area contributed by atoms with Gasteiger partial charge in [-0.1, -0.05) is 0 Å². The highest BCUT2D eigenvalue weighted by atomic mass is 16.5. The SMILES string of the molecule is COc1ccc2[nH]c3c(NCC[NH+]4CCCCC4)ncnc3c2c1. The Morgan fingerprint density at radius 1 is 1.21 bits per heavy atom. The van der Waals surface area contributed by atoms with Crippen LogP contribution in [-0.4, -0.2) is 48.2 Å². The quantitative estimate of drug-likeness (QED) is 0.666. The van der Waals surface area contributed by atoms with E-state index in [1.54, 1.807) is 18.3 Å². The first-order valence-corrected chi connectivity index (χ1v) is 8.73. The first-order chi connectivity index (χ1) is 11.8. The van der Waals surface area contributed by atoms with E-state index in [2.05, 4.69) is 20.3 Å². The van der Waals surface area contributed by atoms with E-state index in [1.807, 2.05) is 18.2 Å². The van der Waals surface area contributed by atoms with Crippen LogP contribution in [0.2, 0.25) is 0 Å². The number of rotatable bonds is 5. The van der Waals surface area contributed by atoms with Crippen molar-refractivity contribution in [1.29, 1.82) is 0 Å². The zero-order valence-electron chi connectivity index (χ0n) is 14.1. The first kappa shape index (κ1) is 15.2. The molecule has 1 aromatic carbocycles. The normalized spacial score (nSPS) is 15.9. The number of nitrogens with zero attached hydrogens (tertiary/aromatic N) is 2. The average Bonchev–Trinajstić information content (AvgIpc) is 3.01. The molecule has 0 atom stereocenters. The molecule has 24 heavy (non-hydrogen) atoms. The summed E-state index contributed by atoms with van der Waals surface area (Å²) in [6, 6.07) is 6.00. The van der Waals surface area contributed by atoms with Gasteiger partial charge >= 0.3 is 0 Å². The summed E-state index contributed by atoms with van der Waals surface area (Å²) in [6.45, 7) is 4.67. The fourth-order valence-electron chi connectivity index (χ4n) is 3.59. The summed E-state index contributed by atoms with van der Waals surface area (Å²) in [6.07, 6.45) is 5.74. The smallest absolute Gasteiger partial charge is 0.154 e. The lowest BCUT2D eigenvalue weighted by Crippen LogP contribution is -3.13. The van der Waals surface area contributed by atoms with Gasteiger partial charge in [-0.15, -0.1) is 0 Å². The van der Waals surface area contributed by atoms with E-state index in [-0.39, 0.29) is 0 Å². The Morgan fingerprint density at radius 3 is 2.92 bits per heavy atom. The van der Waals surface area contributed by atoms with Gasteiger partial charge in [-0.2, -0.15) is 0 Å². The van der Waals surface area contributed by atoms with E-state index in [4.69, 9.17) is 4.74 Å². The summed E-state index contributed by atoms with van der Waals surface area (Å²) in [7, 11) is 1.68. The number of likely N-dealkylation sites (tertiary alicyclic amines) is 1. The lowest BCUT2D eigenvalue weighted by molar-refractivity contribution is -0.903. The first-order valence-electron chi connectivity index (χ1n) is 8.73. The minimum Gasteiger partial charge on any atom is -0.497 e. The van der Waals surface area contributed by atoms with Crippen molar-refractivity contribution in [3.63, 3.8) is 0 Å². The molecule has 3 aromatic rings. The number of benzene rings is 1. The number of hydrogen-bond donors (Lipinski definition) is 3. The maximum Gasteiger partial charge on any atom is 0.154 e. The number of piperidine rings is 1. The predicted molar refractivity (Wildman–Crippen MR) is 95.9 cm³/mol. The summed E-state index contributed by atoms with van der Waals surface area (Å²) >= 11 is 0. The molecule has 0 unspecified atom stereocenters. The molecule has 0 aliphatic carbocycles. The Kier molecular flexibility index (Phi) is 4.21. The van der Waals surface area contributed by atoms with E-state index in [0.717, 1.165) is 46.6 Å². The van der Waals surface area contributed by atoms with Crippen LogP contribution in [0.3, 0.4) is 0 Å². The van der Waals surface area contributed by atoms with Crippen LogP contribution in [0, 0.1) is 0 Å². The highest BCUT2D eigenvalue weighted by Crippen LogP contribution is 2.29. The number of aromatic nitrogens is 3. The number of H-pyrrole nitrogens is 1. The van der Waals surface area contributed by atoms with Gasteiger partial charge in [0, 0.05) is 10.9 Å². The van der Waals surface area contributed by atoms with Gasteiger partial charge in [-0.3, -0.25) is 0 Å². The van der Waals surface area contributed by atoms with E-state index in [9.17, 15) is 0 Å². The molecule has 0 radical (unpaired) electrons. The molecule has 2 aromatic heterocycles. The van der Waals surface area contributed by atoms with Crippen LogP contribution in [0.4, 0.5) is 5.82 Å². The number of aromatic amines is 1. The van der Waals surface area contributed by atoms with E-state index < -0.39 is 0 Å². The molecule has 1 aliphatic heterocycles. The highest BCUT2D eigenvalue weighted by molar-refractivity contribution is 6.08. The van der Waals surface area contributed by atoms with Crippen LogP contribution < -0.4 is 15.0 Å². The number of nitrogens with one attached hydrogen (secondary N) is 3. The number of anilines is 1. The average molecular weight is 326 g/mol. The molecule has 3 N–H and O–H groups in total. The summed E-state index contributed by atoms with van der Waals surface area (Å²) in [5.41, 5.74) is 2.96. The van der Waals surface area contributed by atoms with Gasteiger partial charge < -0.3 is 19.9 Å². The number of hydrogen-bond acceptors (Lipinski definition) is 4. The lowest BCUT2D eigenvalue weighted by Gasteiger charge is -2.23. The van der Waals surface area contributed by atoms with Crippen molar-refractivity contribution >= 4 is 27.8 Å². The molecule has 0 spiro atoms. The third-order valence-electron chi connectivity index (χ3n) is 4.92. The van der Waals surface area contributed by atoms with Crippen LogP contribution in [0.25, 0.3) is 21.9 Å². The third-order valence-corrected chi connectivity index (χ3v) is 4.92. The summed E-state index contributed by atoms with van der Waals surface area (Å²) in [4.78, 5) is 14.0. The van der Waals surface area contributed by atoms with Crippen molar-refractivity contribution in [2.24, 2.45) is 0 Å². The monoisotopic (exact) mass is 326 g/mol. The van der Waals surface area contributed by atoms with Crippen LogP contribution in [0.15, 0.2) is 24.5 Å². The predicted octanol–water partition coefficient (Wildman–Crippen LogP) is 1.60. The Bertz CT molecular complexity index is 838. The molecule has 1 saturated heterocycles. The van der Waals surface area contributed by atoms with Crippen molar-refractivity contribution in [1.82, 2.24) is 15.0 Å². The molecule has 1 aliphatic rings. The molecule has 6 nitrogen and oxygen atoms in total. The largest absolute Gasteiger partial charge is 0.497 e. The number of methoxy groups -OCH3 is 1. The van der Waals surface area contributed by atoms with Gasteiger partial charge in [0.1, 0.15) is 23.1 Å². The van der Waals surface area contributed by atoms with E-state index >= 15 is 0 Å². The van der Waals surface area contributed by atoms with Crippen molar-refractivity contribution < 1.29 is 9.64 Å². The van der Waals surface area contributed by atoms with Gasteiger partial charge in [-0.25, -0.2) is 9.97 Å². The van der Waals surface area contributed by atoms with Crippen LogP contribution >= 0.6 is 0 Å². The molecular weight excluding hydrogens is 302 g/mol. The molecule has 0 saturated carbocycles. The second-order valence-corrected chi connectivity index (χ2v) is 6.47. The van der Waals surface area contributed by atoms with Crippen molar-refractivity contribution in [2.75, 3.05) is 38.6 Å². The van der Waals surface area contributed by atoms with Gasteiger partial charge in [0.05, 0.1) is 33.3 Å². The minimum atomic E-state index is 0.838. The number of fused-ring (bicyclic) bond motifs is 3. The maximum absolute atomic E-state index is 5.33. The summed E-state index contributed by atoms with van der Waals surface area (Å²) < 4.78 is 5.33. The number of quaternary nitrogens is 1. The molecule has 6 heteroatoms. The van der Waals surface area contributed by atoms with Crippen LogP contribution in [0.5, 0.6) is 5.75 Å². The van der Waals surface area contributed by atoms with E-state index in [1.165, 1.54) is 32.4 Å². The molecule has 0 amide bonds. The molecule has 3 heterocycles. The topological polar surface area (TPSA) is 67.3 Å². The zero-order valence-corrected chi connectivity index (χ0v) is 14.1. The Balaban J connectivity index is 1.56. The van der Waals surface area contributed by atoms with Crippen molar-refractivity contribution in [3.05, 3.63) is 24.5 Å². The fourth-order valence-corrected chi connectivity index (χ4v) is 3.59. The summed E-state index contributed by atoms with van der Waals surface area (Å²) in [5.74, 6) is 1.72. The zero-order chi connectivity index (χ0) is 16.4. The van der Waals surface area contributed by atoms with Crippen LogP contribution in [0.1, 0.15) is 19.3 Å².